The molecule has 1 aliphatic carbocycles. The van der Waals surface area contributed by atoms with E-state index in [-0.39, 0.29) is 0 Å². The fourth-order valence-corrected chi connectivity index (χ4v) is 13.3. The Balaban J connectivity index is 2.36. The summed E-state index contributed by atoms with van der Waals surface area (Å²) in [6.45, 7) is 7.10. The van der Waals surface area contributed by atoms with Crippen molar-refractivity contribution in [2.75, 3.05) is 0 Å². The van der Waals surface area contributed by atoms with Gasteiger partial charge in [-0.15, -0.1) is 0 Å². The summed E-state index contributed by atoms with van der Waals surface area (Å²) in [6, 6.07) is 0. The van der Waals surface area contributed by atoms with E-state index in [9.17, 15) is 0 Å². The van der Waals surface area contributed by atoms with Crippen LogP contribution in [-0.2, 0) is 0 Å². The van der Waals surface area contributed by atoms with Crippen molar-refractivity contribution in [3.8, 4) is 0 Å². The van der Waals surface area contributed by atoms with Gasteiger partial charge in [-0.25, -0.2) is 0 Å². The Morgan fingerprint density at radius 3 is 2.33 bits per heavy atom. The first-order valence-electron chi connectivity index (χ1n) is 6.22. The molecule has 3 heteroatoms. The fraction of sp³-hybridized carbons (Fsp3) is 0.750. The first-order valence-corrected chi connectivity index (χ1v) is 13.7. The third-order valence-corrected chi connectivity index (χ3v) is 20.1. The van der Waals surface area contributed by atoms with E-state index in [0.717, 1.165) is 5.92 Å². The average Bonchev–Trinajstić information content (AvgIpc) is 3.01. The molecule has 0 atom stereocenters. The molecule has 0 bridgehead atoms. The predicted molar refractivity (Wildman–Crippen MR) is 65.3 cm³/mol. The summed E-state index contributed by atoms with van der Waals surface area (Å²) in [5.74, 6) is 2.00. The summed E-state index contributed by atoms with van der Waals surface area (Å²) in [6.07, 6.45) is 4.70. The summed E-state index contributed by atoms with van der Waals surface area (Å²) < 4.78 is 11.3. The van der Waals surface area contributed by atoms with E-state index in [4.69, 9.17) is 4.52 Å². The normalized spacial score (nSPS) is 17.0. The Labute approximate surface area is 96.3 Å². The Kier molecular flexibility index (Phi) is 3.43. The molecule has 1 aromatic heterocycles. The Hall–Kier alpha value is 0.00870. The van der Waals surface area contributed by atoms with Gasteiger partial charge in [0.15, 0.2) is 0 Å². The van der Waals surface area contributed by atoms with Crippen molar-refractivity contribution in [2.45, 2.75) is 52.8 Å². The molecule has 1 heterocycles. The van der Waals surface area contributed by atoms with Crippen LogP contribution in [0.15, 0.2) is 10.7 Å². The van der Waals surface area contributed by atoms with Crippen molar-refractivity contribution in [3.05, 3.63) is 12.0 Å². The maximum absolute atomic E-state index is 5.50. The SMILES string of the molecule is C[CH2][Sn]([CH2]C)([CH2]C)[c]1cnoc1C1CC1. The van der Waals surface area contributed by atoms with Gasteiger partial charge in [0.25, 0.3) is 0 Å². The molecule has 0 aliphatic heterocycles. The first-order chi connectivity index (χ1) is 7.27. The van der Waals surface area contributed by atoms with Gasteiger partial charge in [0.2, 0.25) is 0 Å². The molecule has 0 amide bonds. The molecule has 0 spiro atoms. The van der Waals surface area contributed by atoms with E-state index >= 15 is 0 Å². The van der Waals surface area contributed by atoms with Crippen LogP contribution in [0.5, 0.6) is 0 Å². The van der Waals surface area contributed by atoms with Gasteiger partial charge in [-0.2, -0.15) is 0 Å². The third-order valence-electron chi connectivity index (χ3n) is 4.15. The molecule has 2 nitrogen and oxygen atoms in total. The molecule has 0 aromatic carbocycles. The molecule has 1 aliphatic rings. The van der Waals surface area contributed by atoms with Gasteiger partial charge in [-0.3, -0.25) is 0 Å². The van der Waals surface area contributed by atoms with Crippen LogP contribution < -0.4 is 3.58 Å². The molecule has 2 rings (SSSR count). The quantitative estimate of drug-likeness (QED) is 0.780. The second kappa shape index (κ2) is 4.48. The van der Waals surface area contributed by atoms with Crippen LogP contribution in [0.3, 0.4) is 0 Å². The molecule has 1 aromatic rings. The zero-order valence-corrected chi connectivity index (χ0v) is 12.9. The Morgan fingerprint density at radius 1 is 1.27 bits per heavy atom. The first kappa shape index (κ1) is 11.5. The summed E-state index contributed by atoms with van der Waals surface area (Å²) in [5, 5.41) is 4.07. The number of hydrogen-bond acceptors (Lipinski definition) is 2. The molecular weight excluding hydrogens is 293 g/mol. The molecular formula is C12H21NOSn. The second-order valence-corrected chi connectivity index (χ2v) is 19.6. The van der Waals surface area contributed by atoms with E-state index in [1.807, 2.05) is 0 Å². The van der Waals surface area contributed by atoms with Gasteiger partial charge < -0.3 is 0 Å². The number of hydrogen-bond donors (Lipinski definition) is 0. The van der Waals surface area contributed by atoms with Crippen LogP contribution in [0.25, 0.3) is 0 Å². The minimum atomic E-state index is -2.07. The van der Waals surface area contributed by atoms with Crippen LogP contribution in [-0.4, -0.2) is 23.5 Å². The van der Waals surface area contributed by atoms with Crippen molar-refractivity contribution in [3.63, 3.8) is 0 Å². The standard InChI is InChI=1S/C6H6NO.3C2H5.Sn/c1-2-5(1)6-3-4-7-8-6;3*1-2;/h4-5H,1-2H2;3*1H2,2H3;. The van der Waals surface area contributed by atoms with E-state index in [1.165, 1.54) is 31.9 Å². The van der Waals surface area contributed by atoms with Gasteiger partial charge in [-0.1, -0.05) is 0 Å². The van der Waals surface area contributed by atoms with Crippen molar-refractivity contribution in [1.29, 1.82) is 0 Å². The van der Waals surface area contributed by atoms with Crippen molar-refractivity contribution >= 4 is 22.0 Å². The molecule has 84 valence electrons. The molecule has 0 radical (unpaired) electrons. The summed E-state index contributed by atoms with van der Waals surface area (Å²) >= 11 is -2.07. The van der Waals surface area contributed by atoms with Gasteiger partial charge in [0.1, 0.15) is 0 Å². The molecule has 1 saturated carbocycles. The van der Waals surface area contributed by atoms with Gasteiger partial charge in [-0.05, 0) is 0 Å². The van der Waals surface area contributed by atoms with Gasteiger partial charge >= 0.3 is 96.4 Å². The van der Waals surface area contributed by atoms with Crippen LogP contribution >= 0.6 is 0 Å². The van der Waals surface area contributed by atoms with Crippen molar-refractivity contribution in [1.82, 2.24) is 5.16 Å². The van der Waals surface area contributed by atoms with E-state index in [1.54, 1.807) is 3.58 Å². The van der Waals surface area contributed by atoms with Gasteiger partial charge in [0, 0.05) is 0 Å². The van der Waals surface area contributed by atoms with Crippen LogP contribution in [0, 0.1) is 0 Å². The minimum absolute atomic E-state index is 0.725. The van der Waals surface area contributed by atoms with Crippen LogP contribution in [0.2, 0.25) is 13.3 Å². The summed E-state index contributed by atoms with van der Waals surface area (Å²) in [7, 11) is 0. The third kappa shape index (κ3) is 1.97. The number of rotatable bonds is 5. The van der Waals surface area contributed by atoms with Crippen LogP contribution in [0.4, 0.5) is 0 Å². The van der Waals surface area contributed by atoms with E-state index in [0.29, 0.717) is 0 Å². The molecule has 0 unspecified atom stereocenters. The topological polar surface area (TPSA) is 26.0 Å². The molecule has 1 fully saturated rings. The predicted octanol–water partition coefficient (Wildman–Crippen LogP) is 3.27. The zero-order valence-electron chi connectivity index (χ0n) is 10.0. The summed E-state index contributed by atoms with van der Waals surface area (Å²) in [4.78, 5) is 0. The number of aromatic nitrogens is 1. The fourth-order valence-electron chi connectivity index (χ4n) is 2.61. The molecule has 0 N–H and O–H groups in total. The zero-order chi connectivity index (χ0) is 10.9. The van der Waals surface area contributed by atoms with Crippen LogP contribution in [0.1, 0.15) is 45.3 Å². The molecule has 0 saturated heterocycles. The summed E-state index contributed by atoms with van der Waals surface area (Å²) in [5.41, 5.74) is 0. The molecule has 15 heavy (non-hydrogen) atoms. The maximum atomic E-state index is 5.50. The van der Waals surface area contributed by atoms with Crippen molar-refractivity contribution < 1.29 is 4.52 Å². The van der Waals surface area contributed by atoms with E-state index in [2.05, 4.69) is 32.1 Å². The van der Waals surface area contributed by atoms with Gasteiger partial charge in [0.05, 0.1) is 0 Å². The van der Waals surface area contributed by atoms with E-state index < -0.39 is 18.4 Å². The van der Waals surface area contributed by atoms with Crippen molar-refractivity contribution in [2.24, 2.45) is 0 Å². The average molecular weight is 314 g/mol. The Bertz CT molecular complexity index is 318. The second-order valence-electron chi connectivity index (χ2n) is 4.72. The number of nitrogens with zero attached hydrogens (tertiary/aromatic N) is 1. The monoisotopic (exact) mass is 315 g/mol. The Morgan fingerprint density at radius 2 is 1.87 bits per heavy atom.